The minimum Gasteiger partial charge on any atom is -0.334 e. The van der Waals surface area contributed by atoms with E-state index in [4.69, 9.17) is 11.6 Å². The molecule has 0 aliphatic carbocycles. The second-order valence-corrected chi connectivity index (χ2v) is 7.04. The van der Waals surface area contributed by atoms with Crippen LogP contribution >= 0.6 is 23.4 Å². The molecule has 0 aromatic carbocycles. The van der Waals surface area contributed by atoms with Crippen molar-refractivity contribution in [3.8, 4) is 0 Å². The number of aromatic nitrogens is 2. The Balaban J connectivity index is 1.78. The number of amides is 2. The van der Waals surface area contributed by atoms with E-state index in [1.54, 1.807) is 28.4 Å². The number of thioether (sulfide) groups is 1. The molecule has 2 aliphatic rings. The second-order valence-electron chi connectivity index (χ2n) is 5.73. The summed E-state index contributed by atoms with van der Waals surface area (Å²) in [6.45, 7) is 2.80. The van der Waals surface area contributed by atoms with Crippen LogP contribution in [0.1, 0.15) is 30.1 Å². The highest BCUT2D eigenvalue weighted by Crippen LogP contribution is 2.37. The van der Waals surface area contributed by atoms with E-state index >= 15 is 0 Å². The minimum atomic E-state index is -0.0286. The second kappa shape index (κ2) is 6.12. The van der Waals surface area contributed by atoms with E-state index < -0.39 is 0 Å². The molecule has 0 saturated carbocycles. The van der Waals surface area contributed by atoms with Crippen LogP contribution in [-0.2, 0) is 16.6 Å². The molecular formula is C14H19ClN4O2S. The Bertz CT molecular complexity index is 618. The third kappa shape index (κ3) is 2.72. The summed E-state index contributed by atoms with van der Waals surface area (Å²) in [4.78, 5) is 27.8. The zero-order chi connectivity index (χ0) is 15.9. The topological polar surface area (TPSA) is 58.4 Å². The van der Waals surface area contributed by atoms with Crippen LogP contribution in [0.25, 0.3) is 0 Å². The number of hydrogen-bond donors (Lipinski definition) is 0. The lowest BCUT2D eigenvalue weighted by molar-refractivity contribution is -0.138. The lowest BCUT2D eigenvalue weighted by Gasteiger charge is -2.27. The Morgan fingerprint density at radius 3 is 2.86 bits per heavy atom. The third-order valence-corrected chi connectivity index (χ3v) is 5.65. The number of halogens is 1. The van der Waals surface area contributed by atoms with Crippen LogP contribution in [0.4, 0.5) is 0 Å². The highest BCUT2D eigenvalue weighted by Gasteiger charge is 2.35. The van der Waals surface area contributed by atoms with Gasteiger partial charge in [0.05, 0.1) is 23.4 Å². The molecule has 8 heteroatoms. The van der Waals surface area contributed by atoms with Gasteiger partial charge in [0, 0.05) is 19.2 Å². The number of carbonyl (C=O) groups excluding carboxylic acids is 2. The maximum absolute atomic E-state index is 12.6. The molecule has 2 fully saturated rings. The van der Waals surface area contributed by atoms with Gasteiger partial charge in [0.15, 0.2) is 0 Å². The number of nitrogens with zero attached hydrogens (tertiary/aromatic N) is 4. The summed E-state index contributed by atoms with van der Waals surface area (Å²) in [5, 5.41) is 4.94. The monoisotopic (exact) mass is 342 g/mol. The van der Waals surface area contributed by atoms with Crippen LogP contribution in [0.3, 0.4) is 0 Å². The van der Waals surface area contributed by atoms with Crippen LogP contribution in [0.2, 0.25) is 5.15 Å². The molecule has 0 spiro atoms. The van der Waals surface area contributed by atoms with Crippen molar-refractivity contribution in [2.24, 2.45) is 7.05 Å². The number of rotatable bonds is 3. The van der Waals surface area contributed by atoms with E-state index in [9.17, 15) is 9.59 Å². The average Bonchev–Trinajstić information content (AvgIpc) is 3.13. The molecular weight excluding hydrogens is 324 g/mol. The Morgan fingerprint density at radius 2 is 2.27 bits per heavy atom. The smallest absolute Gasteiger partial charge is 0.242 e. The molecule has 2 saturated heterocycles. The van der Waals surface area contributed by atoms with Crippen LogP contribution in [0.5, 0.6) is 0 Å². The standard InChI is InChI=1S/C14H19ClN4O2S/c1-9-13(14(15)17(2)16-9)10-4-3-5-19(10)11(20)6-18-8-22-7-12(18)21/h10H,3-8H2,1-2H3/t10-/m1/s1. The summed E-state index contributed by atoms with van der Waals surface area (Å²) >= 11 is 7.90. The van der Waals surface area contributed by atoms with Gasteiger partial charge in [-0.2, -0.15) is 5.10 Å². The first-order valence-electron chi connectivity index (χ1n) is 7.33. The maximum Gasteiger partial charge on any atom is 0.242 e. The van der Waals surface area contributed by atoms with Gasteiger partial charge in [-0.05, 0) is 19.8 Å². The maximum atomic E-state index is 12.6. The van der Waals surface area contributed by atoms with Gasteiger partial charge in [-0.15, -0.1) is 11.8 Å². The molecule has 0 unspecified atom stereocenters. The fourth-order valence-corrected chi connectivity index (χ4v) is 4.39. The minimum absolute atomic E-state index is 0.00216. The summed E-state index contributed by atoms with van der Waals surface area (Å²) in [7, 11) is 1.81. The summed E-state index contributed by atoms with van der Waals surface area (Å²) in [6.07, 6.45) is 1.84. The van der Waals surface area contributed by atoms with Gasteiger partial charge in [-0.25, -0.2) is 0 Å². The first-order chi connectivity index (χ1) is 10.5. The quantitative estimate of drug-likeness (QED) is 0.836. The number of likely N-dealkylation sites (tertiary alicyclic amines) is 1. The molecule has 2 amide bonds. The molecule has 0 bridgehead atoms. The van der Waals surface area contributed by atoms with Crippen molar-refractivity contribution >= 4 is 35.2 Å². The lowest BCUT2D eigenvalue weighted by Crippen LogP contribution is -2.40. The van der Waals surface area contributed by atoms with Gasteiger partial charge >= 0.3 is 0 Å². The molecule has 3 heterocycles. The third-order valence-electron chi connectivity index (χ3n) is 4.25. The number of aryl methyl sites for hydroxylation is 2. The van der Waals surface area contributed by atoms with Gasteiger partial charge in [0.1, 0.15) is 11.7 Å². The molecule has 1 aromatic heterocycles. The molecule has 22 heavy (non-hydrogen) atoms. The van der Waals surface area contributed by atoms with Crippen LogP contribution in [0.15, 0.2) is 0 Å². The van der Waals surface area contributed by atoms with Crippen molar-refractivity contribution in [3.05, 3.63) is 16.4 Å². The zero-order valence-electron chi connectivity index (χ0n) is 12.7. The Hall–Kier alpha value is -1.21. The first kappa shape index (κ1) is 15.7. The molecule has 120 valence electrons. The fraction of sp³-hybridized carbons (Fsp3) is 0.643. The highest BCUT2D eigenvalue weighted by atomic mass is 35.5. The van der Waals surface area contributed by atoms with Gasteiger partial charge in [0.2, 0.25) is 11.8 Å². The van der Waals surface area contributed by atoms with Gasteiger partial charge in [-0.1, -0.05) is 11.6 Å². The molecule has 3 rings (SSSR count). The summed E-state index contributed by atoms with van der Waals surface area (Å²) in [5.41, 5.74) is 1.81. The average molecular weight is 343 g/mol. The van der Waals surface area contributed by atoms with Crippen LogP contribution < -0.4 is 0 Å². The first-order valence-corrected chi connectivity index (χ1v) is 8.86. The van der Waals surface area contributed by atoms with Gasteiger partial charge in [-0.3, -0.25) is 14.3 Å². The molecule has 1 atom stereocenters. The van der Waals surface area contributed by atoms with E-state index in [1.165, 1.54) is 0 Å². The van der Waals surface area contributed by atoms with Crippen molar-refractivity contribution in [1.29, 1.82) is 0 Å². The van der Waals surface area contributed by atoms with Crippen molar-refractivity contribution in [2.75, 3.05) is 24.7 Å². The van der Waals surface area contributed by atoms with Crippen molar-refractivity contribution < 1.29 is 9.59 Å². The summed E-state index contributed by atoms with van der Waals surface area (Å²) in [5.74, 6) is 1.13. The Kier molecular flexibility index (Phi) is 4.36. The normalized spacial score (nSPS) is 22.0. The molecule has 0 radical (unpaired) electrons. The lowest BCUT2D eigenvalue weighted by atomic mass is 10.1. The number of hydrogen-bond acceptors (Lipinski definition) is 4. The summed E-state index contributed by atoms with van der Waals surface area (Å²) < 4.78 is 1.65. The van der Waals surface area contributed by atoms with E-state index in [1.807, 2.05) is 11.8 Å². The predicted molar refractivity (Wildman–Crippen MR) is 85.7 cm³/mol. The molecule has 6 nitrogen and oxygen atoms in total. The van der Waals surface area contributed by atoms with E-state index in [-0.39, 0.29) is 24.4 Å². The SMILES string of the molecule is Cc1nn(C)c(Cl)c1[C@H]1CCCN1C(=O)CN1CSCC1=O. The largest absolute Gasteiger partial charge is 0.334 e. The van der Waals surface area contributed by atoms with Crippen LogP contribution in [0, 0.1) is 6.92 Å². The predicted octanol–water partition coefficient (Wildman–Crippen LogP) is 1.58. The zero-order valence-corrected chi connectivity index (χ0v) is 14.3. The van der Waals surface area contributed by atoms with Crippen LogP contribution in [-0.4, -0.2) is 56.1 Å². The Labute approximate surface area is 138 Å². The van der Waals surface area contributed by atoms with E-state index in [0.717, 1.165) is 24.1 Å². The summed E-state index contributed by atoms with van der Waals surface area (Å²) in [6, 6.07) is -0.0286. The highest BCUT2D eigenvalue weighted by molar-refractivity contribution is 8.00. The fourth-order valence-electron chi connectivity index (χ4n) is 3.18. The van der Waals surface area contributed by atoms with Crippen molar-refractivity contribution in [2.45, 2.75) is 25.8 Å². The van der Waals surface area contributed by atoms with E-state index in [0.29, 0.717) is 23.3 Å². The Morgan fingerprint density at radius 1 is 1.50 bits per heavy atom. The molecule has 1 aromatic rings. The van der Waals surface area contributed by atoms with Gasteiger partial charge < -0.3 is 9.80 Å². The van der Waals surface area contributed by atoms with Gasteiger partial charge in [0.25, 0.3) is 0 Å². The molecule has 2 aliphatic heterocycles. The van der Waals surface area contributed by atoms with Crippen molar-refractivity contribution in [1.82, 2.24) is 19.6 Å². The molecule has 0 N–H and O–H groups in total. The number of carbonyl (C=O) groups is 2. The van der Waals surface area contributed by atoms with E-state index in [2.05, 4.69) is 5.10 Å². The van der Waals surface area contributed by atoms with Crippen molar-refractivity contribution in [3.63, 3.8) is 0 Å².